The lowest BCUT2D eigenvalue weighted by molar-refractivity contribution is 0.0985. The van der Waals surface area contributed by atoms with Crippen LogP contribution in [0, 0.1) is 11.3 Å². The highest BCUT2D eigenvalue weighted by Crippen LogP contribution is 2.34. The molecule has 3 heterocycles. The van der Waals surface area contributed by atoms with E-state index in [0.29, 0.717) is 13.2 Å². The number of nitrogens with zero attached hydrogens (tertiary/aromatic N) is 4. The molecule has 116 valence electrons. The van der Waals surface area contributed by atoms with Gasteiger partial charge in [0.1, 0.15) is 21.5 Å². The van der Waals surface area contributed by atoms with E-state index in [9.17, 15) is 5.26 Å². The Balaban J connectivity index is 2.20. The molecule has 0 unspecified atom stereocenters. The first kappa shape index (κ1) is 15.3. The van der Waals surface area contributed by atoms with Crippen LogP contribution in [0.3, 0.4) is 0 Å². The summed E-state index contributed by atoms with van der Waals surface area (Å²) in [5.74, 6) is 0.865. The Morgan fingerprint density at radius 2 is 2.27 bits per heavy atom. The van der Waals surface area contributed by atoms with E-state index in [1.54, 1.807) is 0 Å². The summed E-state index contributed by atoms with van der Waals surface area (Å²) < 4.78 is 6.24. The van der Waals surface area contributed by atoms with Gasteiger partial charge < -0.3 is 9.64 Å². The largest absolute Gasteiger partial charge is 0.377 e. The molecule has 2 aromatic heterocycles. The van der Waals surface area contributed by atoms with Crippen molar-refractivity contribution in [1.82, 2.24) is 15.2 Å². The van der Waals surface area contributed by atoms with Gasteiger partial charge in [-0.15, -0.1) is 0 Å². The summed E-state index contributed by atoms with van der Waals surface area (Å²) in [6.07, 6.45) is 0. The Morgan fingerprint density at radius 1 is 1.50 bits per heavy atom. The summed E-state index contributed by atoms with van der Waals surface area (Å²) in [5, 5.41) is 16.7. The van der Waals surface area contributed by atoms with E-state index in [1.165, 1.54) is 0 Å². The van der Waals surface area contributed by atoms with E-state index in [0.717, 1.165) is 33.6 Å². The number of hydrogen-bond acceptors (Lipinski definition) is 5. The summed E-state index contributed by atoms with van der Waals surface area (Å²) in [7, 11) is 0. The van der Waals surface area contributed by atoms with Gasteiger partial charge in [-0.25, -0.2) is 4.98 Å². The Hall–Kier alpha value is -1.65. The second-order valence-corrected chi connectivity index (χ2v) is 6.91. The van der Waals surface area contributed by atoms with Gasteiger partial charge in [-0.3, -0.25) is 5.10 Å². The van der Waals surface area contributed by atoms with Gasteiger partial charge >= 0.3 is 0 Å². The Labute approximate surface area is 137 Å². The quantitative estimate of drug-likeness (QED) is 0.887. The number of fused-ring (bicyclic) bond motifs is 1. The molecule has 0 amide bonds. The Morgan fingerprint density at radius 3 is 2.95 bits per heavy atom. The molecule has 22 heavy (non-hydrogen) atoms. The lowest BCUT2D eigenvalue weighted by Gasteiger charge is -2.35. The fourth-order valence-corrected chi connectivity index (χ4v) is 3.07. The summed E-state index contributed by atoms with van der Waals surface area (Å²) >= 11 is 3.46. The van der Waals surface area contributed by atoms with Crippen molar-refractivity contribution < 1.29 is 4.74 Å². The number of halogens is 1. The van der Waals surface area contributed by atoms with E-state index in [-0.39, 0.29) is 6.04 Å². The van der Waals surface area contributed by atoms with Crippen molar-refractivity contribution in [3.8, 4) is 6.07 Å². The Kier molecular flexibility index (Phi) is 3.83. The van der Waals surface area contributed by atoms with Crippen LogP contribution in [-0.2, 0) is 10.2 Å². The average molecular weight is 364 g/mol. The van der Waals surface area contributed by atoms with Gasteiger partial charge in [-0.05, 0) is 42.8 Å². The SMILES string of the molecule is C[C@@H]1COCCN1c1cc(C(C)(C)C#N)c2n[nH]c(Br)c2n1. The van der Waals surface area contributed by atoms with Gasteiger partial charge in [-0.1, -0.05) is 0 Å². The van der Waals surface area contributed by atoms with Crippen LogP contribution in [0.4, 0.5) is 5.82 Å². The number of ether oxygens (including phenoxy) is 1. The first-order valence-corrected chi connectivity index (χ1v) is 8.04. The maximum absolute atomic E-state index is 9.51. The van der Waals surface area contributed by atoms with E-state index in [4.69, 9.17) is 9.72 Å². The molecular weight excluding hydrogens is 346 g/mol. The molecule has 7 heteroatoms. The predicted octanol–water partition coefficient (Wildman–Crippen LogP) is 2.75. The summed E-state index contributed by atoms with van der Waals surface area (Å²) in [6, 6.07) is 4.60. The second kappa shape index (κ2) is 5.52. The van der Waals surface area contributed by atoms with Crippen LogP contribution in [-0.4, -0.2) is 41.0 Å². The monoisotopic (exact) mass is 363 g/mol. The van der Waals surface area contributed by atoms with Gasteiger partial charge in [0.15, 0.2) is 0 Å². The fourth-order valence-electron chi connectivity index (χ4n) is 2.70. The minimum Gasteiger partial charge on any atom is -0.377 e. The number of hydrogen-bond donors (Lipinski definition) is 1. The molecule has 1 N–H and O–H groups in total. The Bertz CT molecular complexity index is 748. The van der Waals surface area contributed by atoms with Gasteiger partial charge in [0.2, 0.25) is 0 Å². The third-order valence-electron chi connectivity index (χ3n) is 4.07. The molecule has 1 fully saturated rings. The van der Waals surface area contributed by atoms with Gasteiger partial charge in [0.25, 0.3) is 0 Å². The number of H-pyrrole nitrogens is 1. The lowest BCUT2D eigenvalue weighted by atomic mass is 9.86. The molecule has 3 rings (SSSR count). The van der Waals surface area contributed by atoms with Crippen LogP contribution in [0.25, 0.3) is 11.0 Å². The number of rotatable bonds is 2. The molecule has 0 spiro atoms. The molecule has 2 aromatic rings. The minimum atomic E-state index is -0.639. The zero-order valence-electron chi connectivity index (χ0n) is 12.9. The van der Waals surface area contributed by atoms with Crippen LogP contribution >= 0.6 is 15.9 Å². The molecule has 1 aliphatic heterocycles. The molecule has 1 aliphatic rings. The molecule has 0 aromatic carbocycles. The van der Waals surface area contributed by atoms with Crippen LogP contribution in [0.15, 0.2) is 10.7 Å². The number of morpholine rings is 1. The third-order valence-corrected chi connectivity index (χ3v) is 4.62. The van der Waals surface area contributed by atoms with E-state index in [2.05, 4.69) is 44.0 Å². The molecular formula is C15H18BrN5O. The normalized spacial score (nSPS) is 19.4. The first-order chi connectivity index (χ1) is 10.4. The van der Waals surface area contributed by atoms with E-state index >= 15 is 0 Å². The first-order valence-electron chi connectivity index (χ1n) is 7.25. The number of nitrogens with one attached hydrogen (secondary N) is 1. The van der Waals surface area contributed by atoms with Crippen LogP contribution in [0.2, 0.25) is 0 Å². The zero-order valence-corrected chi connectivity index (χ0v) is 14.4. The van der Waals surface area contributed by atoms with Crippen LogP contribution in [0.5, 0.6) is 0 Å². The summed E-state index contributed by atoms with van der Waals surface area (Å²) in [5.41, 5.74) is 1.74. The molecule has 1 atom stereocenters. The molecule has 0 aliphatic carbocycles. The summed E-state index contributed by atoms with van der Waals surface area (Å²) in [6.45, 7) is 8.08. The highest BCUT2D eigenvalue weighted by atomic mass is 79.9. The highest BCUT2D eigenvalue weighted by Gasteiger charge is 2.29. The molecule has 0 saturated carbocycles. The van der Waals surface area contributed by atoms with Crippen molar-refractivity contribution in [2.75, 3.05) is 24.7 Å². The van der Waals surface area contributed by atoms with Crippen molar-refractivity contribution in [2.45, 2.75) is 32.2 Å². The third kappa shape index (κ3) is 2.46. The summed E-state index contributed by atoms with van der Waals surface area (Å²) in [4.78, 5) is 6.96. The molecule has 0 radical (unpaired) electrons. The number of aromatic nitrogens is 3. The number of nitriles is 1. The molecule has 1 saturated heterocycles. The standard InChI is InChI=1S/C15H18BrN5O/c1-9-7-22-5-4-21(9)11-6-10(15(2,3)8-17)12-13(18-11)14(16)20-19-12/h6,9H,4-5,7H2,1-3H3,(H,19,20)/t9-/m1/s1. The van der Waals surface area contributed by atoms with E-state index < -0.39 is 5.41 Å². The number of aromatic amines is 1. The lowest BCUT2D eigenvalue weighted by Crippen LogP contribution is -2.44. The average Bonchev–Trinajstić information content (AvgIpc) is 2.88. The van der Waals surface area contributed by atoms with Crippen LogP contribution in [0.1, 0.15) is 26.3 Å². The fraction of sp³-hybridized carbons (Fsp3) is 0.533. The molecule has 6 nitrogen and oxygen atoms in total. The van der Waals surface area contributed by atoms with E-state index in [1.807, 2.05) is 19.9 Å². The smallest absolute Gasteiger partial charge is 0.130 e. The maximum Gasteiger partial charge on any atom is 0.130 e. The van der Waals surface area contributed by atoms with Crippen molar-refractivity contribution in [2.24, 2.45) is 0 Å². The van der Waals surface area contributed by atoms with Crippen LogP contribution < -0.4 is 4.90 Å². The topological polar surface area (TPSA) is 77.8 Å². The highest BCUT2D eigenvalue weighted by molar-refractivity contribution is 9.10. The number of pyridine rings is 1. The zero-order chi connectivity index (χ0) is 15.9. The van der Waals surface area contributed by atoms with Crippen molar-refractivity contribution in [3.05, 3.63) is 16.2 Å². The molecule has 0 bridgehead atoms. The van der Waals surface area contributed by atoms with Gasteiger partial charge in [-0.2, -0.15) is 10.4 Å². The number of anilines is 1. The van der Waals surface area contributed by atoms with Crippen molar-refractivity contribution in [3.63, 3.8) is 0 Å². The van der Waals surface area contributed by atoms with Crippen molar-refractivity contribution in [1.29, 1.82) is 5.26 Å². The second-order valence-electron chi connectivity index (χ2n) is 6.12. The van der Waals surface area contributed by atoms with Crippen molar-refractivity contribution >= 4 is 32.8 Å². The minimum absolute atomic E-state index is 0.252. The van der Waals surface area contributed by atoms with Gasteiger partial charge in [0, 0.05) is 12.1 Å². The van der Waals surface area contributed by atoms with Gasteiger partial charge in [0.05, 0.1) is 30.7 Å². The predicted molar refractivity (Wildman–Crippen MR) is 87.9 cm³/mol. The maximum atomic E-state index is 9.51.